The van der Waals surface area contributed by atoms with Gasteiger partial charge in [0, 0.05) is 37.3 Å². The summed E-state index contributed by atoms with van der Waals surface area (Å²) in [5.41, 5.74) is -4.88. The molecule has 32 nitrogen and oxygen atoms in total. The van der Waals surface area contributed by atoms with Crippen molar-refractivity contribution in [3.8, 4) is 0 Å². The molecule has 3 aromatic rings. The number of amides is 1. The van der Waals surface area contributed by atoms with Crippen LogP contribution in [0, 0.1) is 0 Å². The van der Waals surface area contributed by atoms with Crippen molar-refractivity contribution < 1.29 is 88.5 Å². The number of nitrogens with one attached hydrogen (secondary N) is 4. The first-order chi connectivity index (χ1) is 47.0. The Morgan fingerprint density at radius 2 is 0.853 bits per heavy atom. The molecule has 102 heavy (non-hydrogen) atoms. The summed E-state index contributed by atoms with van der Waals surface area (Å²) in [6.45, 7) is 20.3. The van der Waals surface area contributed by atoms with E-state index in [0.29, 0.717) is 48.8 Å². The second-order valence-electron chi connectivity index (χ2n) is 28.6. The molecule has 16 atom stereocenters. The Kier molecular flexibility index (Phi) is 30.6. The lowest BCUT2D eigenvalue weighted by Crippen LogP contribution is -2.47. The molecule has 0 aliphatic carbocycles. The first-order valence-electron chi connectivity index (χ1n) is 32.7. The summed E-state index contributed by atoms with van der Waals surface area (Å²) in [6.07, 6.45) is 13.7. The first kappa shape index (κ1) is 86.4. The van der Waals surface area contributed by atoms with Crippen molar-refractivity contribution in [1.82, 2.24) is 38.9 Å². The van der Waals surface area contributed by atoms with E-state index < -0.39 is 201 Å². The van der Waals surface area contributed by atoms with Crippen LogP contribution in [-0.4, -0.2) is 293 Å². The summed E-state index contributed by atoms with van der Waals surface area (Å²) in [4.78, 5) is 138. The lowest BCUT2D eigenvalue weighted by Gasteiger charge is -2.34. The lowest BCUT2D eigenvalue weighted by molar-refractivity contribution is -0.139. The highest BCUT2D eigenvalue weighted by Gasteiger charge is 2.48. The minimum Gasteiger partial charge on any atom is -0.457 e. The van der Waals surface area contributed by atoms with E-state index in [1.165, 1.54) is 13.1 Å². The number of ketones is 3. The first-order valence-corrected chi connectivity index (χ1v) is 44.9. The van der Waals surface area contributed by atoms with E-state index in [0.717, 1.165) is 57.9 Å². The number of hydrogen-bond donors (Lipinski definition) is 12. The van der Waals surface area contributed by atoms with Crippen molar-refractivity contribution in [2.45, 2.75) is 164 Å². The van der Waals surface area contributed by atoms with Crippen molar-refractivity contribution in [3.63, 3.8) is 0 Å². The van der Waals surface area contributed by atoms with Gasteiger partial charge in [-0.05, 0) is 124 Å². The maximum absolute atomic E-state index is 12.2. The second kappa shape index (κ2) is 36.1. The molecule has 0 radical (unpaired) electrons. The SMILES string of the molecule is C=C1NC(=O)C(C)=CN1C1O[C@H](CCP(=C)(C)C)[C@@H](O)[C@H]1O.C=P(C)(C)CC[C@H]1OC(n2cc(/C=C/CC)c(=O)[nH]c2=O)[C@H](O)[C@@H]1O.C=P(C)(C)CC[C@H]1OC(n2cc(C(=O)CC(C)=O)c(=O)[nH]c2=O)[C@H](O)[C@@H]1O.C=P(C)(C)CC[C@H]1OC(n2cc(C(=O)COC(C)=O)c(=O)[nH]c2=O)[C@H](O)[C@@H]1O. The fourth-order valence-electron chi connectivity index (χ4n) is 10.9. The van der Waals surface area contributed by atoms with Gasteiger partial charge in [-0.15, -0.1) is 52.7 Å². The van der Waals surface area contributed by atoms with Crippen molar-refractivity contribution >= 4 is 88.0 Å². The van der Waals surface area contributed by atoms with Crippen LogP contribution >= 0.6 is 27.5 Å². The van der Waals surface area contributed by atoms with Crippen LogP contribution in [0.5, 0.6) is 0 Å². The van der Waals surface area contributed by atoms with Crippen LogP contribution in [0.2, 0.25) is 0 Å². The van der Waals surface area contributed by atoms with Gasteiger partial charge in [0.05, 0.1) is 42.0 Å². The van der Waals surface area contributed by atoms with Crippen LogP contribution in [-0.2, 0) is 38.1 Å². The van der Waals surface area contributed by atoms with E-state index in [1.54, 1.807) is 30.2 Å². The zero-order chi connectivity index (χ0) is 77.2. The number of allylic oxidation sites excluding steroid dienone is 1. The third kappa shape index (κ3) is 24.1. The van der Waals surface area contributed by atoms with E-state index in [9.17, 15) is 93.6 Å². The highest BCUT2D eigenvalue weighted by Crippen LogP contribution is 2.43. The number of ether oxygens (including phenoxy) is 5. The third-order valence-corrected chi connectivity index (χ3v) is 22.5. The highest BCUT2D eigenvalue weighted by molar-refractivity contribution is 7.73. The summed E-state index contributed by atoms with van der Waals surface area (Å²) in [6, 6.07) is 0. The van der Waals surface area contributed by atoms with Crippen LogP contribution in [0.15, 0.2) is 77.6 Å². The summed E-state index contributed by atoms with van der Waals surface area (Å²) in [5, 5.41) is 84.8. The normalized spacial score (nSPS) is 27.4. The van der Waals surface area contributed by atoms with Gasteiger partial charge in [-0.2, -0.15) is 0 Å². The number of aromatic nitrogens is 6. The summed E-state index contributed by atoms with van der Waals surface area (Å²) >= 11 is 0. The average Bonchev–Trinajstić information content (AvgIpc) is 1.70. The third-order valence-electron chi connectivity index (χ3n) is 16.7. The van der Waals surface area contributed by atoms with Crippen molar-refractivity contribution in [3.05, 3.63) is 128 Å². The number of aliphatic hydroxyl groups is 8. The number of Topliss-reactive ketones (excluding diaryl/α,β-unsaturated/α-hetero) is 3. The van der Waals surface area contributed by atoms with Gasteiger partial charge in [0.15, 0.2) is 37.3 Å². The predicted molar refractivity (Wildman–Crippen MR) is 397 cm³/mol. The molecule has 5 aliphatic heterocycles. The minimum absolute atomic E-state index is 0.227. The van der Waals surface area contributed by atoms with E-state index >= 15 is 0 Å². The molecular formula is C66H102N8O24P4. The number of aromatic amines is 3. The number of aliphatic hydroxyl groups excluding tert-OH is 8. The van der Waals surface area contributed by atoms with Gasteiger partial charge < -0.3 is 74.8 Å². The van der Waals surface area contributed by atoms with Crippen LogP contribution in [0.1, 0.15) is 111 Å². The molecule has 12 N–H and O–H groups in total. The van der Waals surface area contributed by atoms with Crippen molar-refractivity contribution in [2.75, 3.05) is 84.6 Å². The monoisotopic (exact) mass is 1510 g/mol. The highest BCUT2D eigenvalue weighted by atomic mass is 31.2. The van der Waals surface area contributed by atoms with Gasteiger partial charge in [0.1, 0.15) is 66.0 Å². The number of carbonyl (C=O) groups excluding carboxylic acids is 5. The average molecular weight is 1520 g/mol. The molecule has 4 saturated heterocycles. The molecule has 4 fully saturated rings. The molecule has 3 aromatic heterocycles. The molecule has 5 aliphatic rings. The predicted octanol–water partition coefficient (Wildman–Crippen LogP) is -0.565. The Labute approximate surface area is 589 Å². The largest absolute Gasteiger partial charge is 0.457 e. The van der Waals surface area contributed by atoms with Gasteiger partial charge in [0.2, 0.25) is 5.78 Å². The molecule has 36 heteroatoms. The number of hydrogen-bond acceptors (Lipinski definition) is 25. The molecular weight excluding hydrogens is 1410 g/mol. The van der Waals surface area contributed by atoms with Crippen LogP contribution in [0.3, 0.4) is 0 Å². The Morgan fingerprint density at radius 3 is 1.20 bits per heavy atom. The fourth-order valence-corrected chi connectivity index (χ4v) is 14.7. The van der Waals surface area contributed by atoms with Crippen molar-refractivity contribution in [1.29, 1.82) is 0 Å². The Bertz CT molecular complexity index is 4200. The number of carbonyl (C=O) groups is 5. The van der Waals surface area contributed by atoms with Crippen LogP contribution < -0.4 is 39.1 Å². The summed E-state index contributed by atoms with van der Waals surface area (Å²) < 4.78 is 30.3. The molecule has 0 aromatic carbocycles. The number of nitrogens with zero attached hydrogens (tertiary/aromatic N) is 4. The quantitative estimate of drug-likeness (QED) is 0.0231. The van der Waals surface area contributed by atoms with Crippen molar-refractivity contribution in [2.24, 2.45) is 0 Å². The smallest absolute Gasteiger partial charge is 0.330 e. The maximum atomic E-state index is 12.2. The lowest BCUT2D eigenvalue weighted by atomic mass is 10.1. The molecule has 1 amide bonds. The van der Waals surface area contributed by atoms with Crippen LogP contribution in [0.25, 0.3) is 6.08 Å². The Morgan fingerprint density at radius 1 is 0.520 bits per heavy atom. The number of rotatable bonds is 24. The topological polar surface area (TPSA) is 473 Å². The number of H-pyrrole nitrogens is 3. The zero-order valence-electron chi connectivity index (χ0n) is 59.7. The molecule has 8 heterocycles. The van der Waals surface area contributed by atoms with Gasteiger partial charge in [-0.1, -0.05) is 25.7 Å². The van der Waals surface area contributed by atoms with Crippen LogP contribution in [0.4, 0.5) is 0 Å². The molecule has 0 spiro atoms. The molecule has 4 unspecified atom stereocenters. The second-order valence-corrected chi connectivity index (χ2v) is 45.9. The Hall–Kier alpha value is -6.27. The number of esters is 1. The van der Waals surface area contributed by atoms with Gasteiger partial charge in [-0.3, -0.25) is 67.0 Å². The Balaban J connectivity index is 0.000000246. The molecule has 570 valence electrons. The minimum atomic E-state index is -1.43. The van der Waals surface area contributed by atoms with Gasteiger partial charge >= 0.3 is 23.0 Å². The van der Waals surface area contributed by atoms with E-state index in [-0.39, 0.29) is 11.5 Å². The summed E-state index contributed by atoms with van der Waals surface area (Å²) in [7, 11) is 0. The van der Waals surface area contributed by atoms with E-state index in [1.807, 2.05) is 43.6 Å². The van der Waals surface area contributed by atoms with E-state index in [2.05, 4.69) is 73.5 Å². The molecule has 0 saturated carbocycles. The maximum Gasteiger partial charge on any atom is 0.330 e. The summed E-state index contributed by atoms with van der Waals surface area (Å²) in [5.74, 6) is -2.59. The van der Waals surface area contributed by atoms with Gasteiger partial charge in [0.25, 0.3) is 22.6 Å². The zero-order valence-corrected chi connectivity index (χ0v) is 63.3. The van der Waals surface area contributed by atoms with E-state index in [4.69, 9.17) is 18.9 Å². The molecule has 0 bridgehead atoms. The fraction of sp³-hybridized carbons (Fsp3) is 0.591. The van der Waals surface area contributed by atoms with Gasteiger partial charge in [-0.25, -0.2) is 14.4 Å². The molecule has 8 rings (SSSR count). The standard InChI is InChI=1S/C17H25N2O8P.C17H25N2O7P.C17H27N2O5P.C15H25N2O4P/c1-9(20)26-8-11(21)10-7-19(17(25)18-15(10)24)16-14(23)13(22)12(27-16)5-6-28(2,3)4;1-9(20)7-11(21)10-8-19(17(25)18-15(10)24)16-14(23)13(22)12(26-16)5-6-27(2,3)4;1-5-6-7-11-10-19(17(23)18-15(11)22)16-14(21)13(20)12(24-16)8-9-25(2,3)4;1-9-8-17(10(2)16-14(9)20)15-13(19)12(18)11(21-15)6-7-22(3,4)5/h7,12-14,16,22-23H,2,5-6,8H2,1,3-4H3,(H,18,24,25);8,12-14,16,22-23H,2,5-7H2,1,3-4H3,(H,18,24,25);6-7,10,12-14,16,20-21H,2,5,8-9H2,1,3-4H3,(H,18,22,23);8,11-13,15,18-19H,2-3,6-7H2,1,4-5H3,(H,16,20)/b;;7-6+;/t3*12-,13-,14-,16?;11-,12-,13-,15?/m1111/s1.